The summed E-state index contributed by atoms with van der Waals surface area (Å²) in [4.78, 5) is 12.3. The van der Waals surface area contributed by atoms with E-state index in [4.69, 9.17) is 5.73 Å². The molecule has 3 aromatic rings. The van der Waals surface area contributed by atoms with Gasteiger partial charge in [-0.25, -0.2) is 0 Å². The van der Waals surface area contributed by atoms with Gasteiger partial charge in [-0.2, -0.15) is 11.3 Å². The number of anilines is 1. The first-order valence-corrected chi connectivity index (χ1v) is 7.67. The zero-order chi connectivity index (χ0) is 14.8. The molecule has 0 fully saturated rings. The molecule has 3 nitrogen and oxygen atoms in total. The Kier molecular flexibility index (Phi) is 3.62. The van der Waals surface area contributed by atoms with Crippen molar-refractivity contribution >= 4 is 33.7 Å². The zero-order valence-electron chi connectivity index (χ0n) is 11.7. The van der Waals surface area contributed by atoms with Crippen molar-refractivity contribution < 1.29 is 4.79 Å². The molecule has 0 atom stereocenters. The van der Waals surface area contributed by atoms with Gasteiger partial charge in [0.2, 0.25) is 0 Å². The Bertz CT molecular complexity index is 807. The maximum absolute atomic E-state index is 12.3. The summed E-state index contributed by atoms with van der Waals surface area (Å²) in [6, 6.07) is 11.6. The van der Waals surface area contributed by atoms with Gasteiger partial charge in [0.1, 0.15) is 0 Å². The van der Waals surface area contributed by atoms with Gasteiger partial charge in [-0.3, -0.25) is 4.79 Å². The molecule has 0 bridgehead atoms. The fourth-order valence-electron chi connectivity index (χ4n) is 2.29. The van der Waals surface area contributed by atoms with Gasteiger partial charge in [0.15, 0.2) is 0 Å². The molecule has 21 heavy (non-hydrogen) atoms. The Morgan fingerprint density at radius 2 is 1.90 bits per heavy atom. The minimum Gasteiger partial charge on any atom is -0.398 e. The molecular formula is C17H16N2OS. The first kappa shape index (κ1) is 13.6. The highest BCUT2D eigenvalue weighted by molar-refractivity contribution is 7.08. The average molecular weight is 296 g/mol. The van der Waals surface area contributed by atoms with Gasteiger partial charge in [-0.15, -0.1) is 0 Å². The molecule has 3 N–H and O–H groups in total. The summed E-state index contributed by atoms with van der Waals surface area (Å²) < 4.78 is 0. The molecule has 1 heterocycles. The van der Waals surface area contributed by atoms with Crippen LogP contribution in [0.25, 0.3) is 10.8 Å². The van der Waals surface area contributed by atoms with Crippen molar-refractivity contribution in [2.45, 2.75) is 13.5 Å². The number of rotatable bonds is 3. The van der Waals surface area contributed by atoms with Crippen LogP contribution in [0.5, 0.6) is 0 Å². The molecule has 3 rings (SSSR count). The fourth-order valence-corrected chi connectivity index (χ4v) is 3.15. The molecule has 0 spiro atoms. The van der Waals surface area contributed by atoms with Crippen molar-refractivity contribution in [2.75, 3.05) is 5.73 Å². The predicted molar refractivity (Wildman–Crippen MR) is 88.6 cm³/mol. The van der Waals surface area contributed by atoms with Gasteiger partial charge >= 0.3 is 0 Å². The van der Waals surface area contributed by atoms with Crippen LogP contribution in [-0.2, 0) is 6.54 Å². The summed E-state index contributed by atoms with van der Waals surface area (Å²) in [7, 11) is 0. The van der Waals surface area contributed by atoms with E-state index >= 15 is 0 Å². The van der Waals surface area contributed by atoms with E-state index in [-0.39, 0.29) is 5.91 Å². The minimum atomic E-state index is -0.135. The number of amides is 1. The second-order valence-electron chi connectivity index (χ2n) is 5.05. The van der Waals surface area contributed by atoms with Gasteiger partial charge in [0.05, 0.1) is 5.56 Å². The number of hydrogen-bond donors (Lipinski definition) is 2. The van der Waals surface area contributed by atoms with Crippen LogP contribution in [0.3, 0.4) is 0 Å². The van der Waals surface area contributed by atoms with Crippen LogP contribution < -0.4 is 11.1 Å². The normalized spacial score (nSPS) is 10.7. The third-order valence-electron chi connectivity index (χ3n) is 3.56. The lowest BCUT2D eigenvalue weighted by molar-refractivity contribution is 0.0952. The number of nitrogen functional groups attached to an aromatic ring is 1. The second kappa shape index (κ2) is 5.58. The standard InChI is InChI=1S/C17H16N2OS/c1-11-9-21-10-14(11)8-19-17(20)15-6-12-4-2-3-5-13(12)7-16(15)18/h2-7,9-10H,8,18H2,1H3,(H,19,20). The number of nitrogens with two attached hydrogens (primary N) is 1. The third kappa shape index (κ3) is 2.76. The number of nitrogens with one attached hydrogen (secondary N) is 1. The van der Waals surface area contributed by atoms with Crippen molar-refractivity contribution in [1.29, 1.82) is 0 Å². The molecule has 0 saturated carbocycles. The summed E-state index contributed by atoms with van der Waals surface area (Å²) in [5.41, 5.74) is 9.39. The van der Waals surface area contributed by atoms with Crippen LogP contribution in [0.1, 0.15) is 21.5 Å². The Labute approximate surface area is 127 Å². The summed E-state index contributed by atoms with van der Waals surface area (Å²) in [6.45, 7) is 2.57. The van der Waals surface area contributed by atoms with Crippen molar-refractivity contribution in [3.63, 3.8) is 0 Å². The monoisotopic (exact) mass is 296 g/mol. The van der Waals surface area contributed by atoms with Gasteiger partial charge in [0.25, 0.3) is 5.91 Å². The zero-order valence-corrected chi connectivity index (χ0v) is 12.5. The van der Waals surface area contributed by atoms with Crippen LogP contribution in [0.15, 0.2) is 47.2 Å². The maximum Gasteiger partial charge on any atom is 0.253 e. The molecule has 1 amide bonds. The predicted octanol–water partition coefficient (Wildman–Crippen LogP) is 3.72. The molecule has 0 unspecified atom stereocenters. The first-order valence-electron chi connectivity index (χ1n) is 6.73. The summed E-state index contributed by atoms with van der Waals surface area (Å²) in [5.74, 6) is -0.135. The van der Waals surface area contributed by atoms with Gasteiger partial charge in [0, 0.05) is 12.2 Å². The third-order valence-corrected chi connectivity index (χ3v) is 4.47. The van der Waals surface area contributed by atoms with Gasteiger partial charge in [-0.1, -0.05) is 24.3 Å². The summed E-state index contributed by atoms with van der Waals surface area (Å²) in [6.07, 6.45) is 0. The molecule has 0 aliphatic heterocycles. The van der Waals surface area contributed by atoms with Crippen molar-refractivity contribution in [1.82, 2.24) is 5.32 Å². The van der Waals surface area contributed by atoms with Gasteiger partial charge in [-0.05, 0) is 51.7 Å². The average Bonchev–Trinajstić information content (AvgIpc) is 2.89. The molecule has 0 saturated heterocycles. The summed E-state index contributed by atoms with van der Waals surface area (Å²) >= 11 is 1.64. The Balaban J connectivity index is 1.84. The number of hydrogen-bond acceptors (Lipinski definition) is 3. The molecule has 4 heteroatoms. The quantitative estimate of drug-likeness (QED) is 0.724. The van der Waals surface area contributed by atoms with Crippen LogP contribution in [0.4, 0.5) is 5.69 Å². The van der Waals surface area contributed by atoms with E-state index in [1.165, 1.54) is 5.56 Å². The lowest BCUT2D eigenvalue weighted by Gasteiger charge is -2.09. The summed E-state index contributed by atoms with van der Waals surface area (Å²) in [5, 5.41) is 9.12. The number of thiophene rings is 1. The topological polar surface area (TPSA) is 55.1 Å². The number of carbonyl (C=O) groups is 1. The number of aryl methyl sites for hydroxylation is 1. The highest BCUT2D eigenvalue weighted by atomic mass is 32.1. The van der Waals surface area contributed by atoms with Crippen LogP contribution in [0, 0.1) is 6.92 Å². The van der Waals surface area contributed by atoms with Crippen molar-refractivity contribution in [3.8, 4) is 0 Å². The highest BCUT2D eigenvalue weighted by Crippen LogP contribution is 2.22. The van der Waals surface area contributed by atoms with E-state index in [0.29, 0.717) is 17.8 Å². The highest BCUT2D eigenvalue weighted by Gasteiger charge is 2.11. The number of fused-ring (bicyclic) bond motifs is 1. The lowest BCUT2D eigenvalue weighted by atomic mass is 10.0. The van der Waals surface area contributed by atoms with E-state index in [1.807, 2.05) is 43.3 Å². The van der Waals surface area contributed by atoms with Crippen LogP contribution in [0.2, 0.25) is 0 Å². The number of benzene rings is 2. The molecule has 0 aliphatic carbocycles. The van der Waals surface area contributed by atoms with E-state index in [2.05, 4.69) is 16.1 Å². The SMILES string of the molecule is Cc1cscc1CNC(=O)c1cc2ccccc2cc1N. The second-order valence-corrected chi connectivity index (χ2v) is 5.79. The largest absolute Gasteiger partial charge is 0.398 e. The van der Waals surface area contributed by atoms with Gasteiger partial charge < -0.3 is 11.1 Å². The van der Waals surface area contributed by atoms with Crippen molar-refractivity contribution in [2.24, 2.45) is 0 Å². The Morgan fingerprint density at radius 3 is 2.57 bits per heavy atom. The Hall–Kier alpha value is -2.33. The van der Waals surface area contributed by atoms with E-state index in [9.17, 15) is 4.79 Å². The lowest BCUT2D eigenvalue weighted by Crippen LogP contribution is -2.23. The van der Waals surface area contributed by atoms with Crippen molar-refractivity contribution in [3.05, 3.63) is 63.8 Å². The van der Waals surface area contributed by atoms with E-state index < -0.39 is 0 Å². The molecule has 2 aromatic carbocycles. The maximum atomic E-state index is 12.3. The molecular weight excluding hydrogens is 280 g/mol. The first-order chi connectivity index (χ1) is 10.1. The van der Waals surface area contributed by atoms with E-state index in [0.717, 1.165) is 16.3 Å². The molecule has 0 aliphatic rings. The molecule has 106 valence electrons. The minimum absolute atomic E-state index is 0.135. The smallest absolute Gasteiger partial charge is 0.253 e. The Morgan fingerprint density at radius 1 is 1.19 bits per heavy atom. The van der Waals surface area contributed by atoms with Crippen LogP contribution >= 0.6 is 11.3 Å². The molecule has 0 radical (unpaired) electrons. The van der Waals surface area contributed by atoms with E-state index in [1.54, 1.807) is 11.3 Å². The van der Waals surface area contributed by atoms with Crippen LogP contribution in [-0.4, -0.2) is 5.91 Å². The number of carbonyl (C=O) groups excluding carboxylic acids is 1. The fraction of sp³-hybridized carbons (Fsp3) is 0.118. The molecule has 1 aromatic heterocycles.